The van der Waals surface area contributed by atoms with Gasteiger partial charge < -0.3 is 21.1 Å². The van der Waals surface area contributed by atoms with Gasteiger partial charge in [0.05, 0.1) is 12.2 Å². The van der Waals surface area contributed by atoms with Crippen LogP contribution in [0.1, 0.15) is 37.8 Å². The molecule has 0 aromatic carbocycles. The number of hydrogen-bond acceptors (Lipinski definition) is 7. The standard InChI is InChI=1S/C21H28N6O2/c22-12-19(28)27-11-6-17(14-27)26-16-4-7-21(29,8-5-16)18-3-2-15(13-25-18)20-23-9-1-10-24-20/h1-3,9-10,13,16-17,26,29H,4-8,11-12,14,22H2. The number of pyridine rings is 1. The average molecular weight is 396 g/mol. The third-order valence-corrected chi connectivity index (χ3v) is 6.06. The van der Waals surface area contributed by atoms with Crippen molar-refractivity contribution in [2.45, 2.75) is 49.8 Å². The number of aromatic nitrogens is 3. The van der Waals surface area contributed by atoms with Crippen molar-refractivity contribution in [3.63, 3.8) is 0 Å². The molecule has 0 spiro atoms. The van der Waals surface area contributed by atoms with E-state index in [1.807, 2.05) is 17.0 Å². The SMILES string of the molecule is NCC(=O)N1CCC(NC2CCC(O)(c3ccc(-c4ncccn4)cn3)CC2)C1. The van der Waals surface area contributed by atoms with E-state index in [1.54, 1.807) is 24.7 Å². The lowest BCUT2D eigenvalue weighted by Gasteiger charge is -2.37. The van der Waals surface area contributed by atoms with Gasteiger partial charge in [-0.15, -0.1) is 0 Å². The molecule has 8 heteroatoms. The zero-order valence-corrected chi connectivity index (χ0v) is 16.5. The number of rotatable bonds is 5. The molecule has 1 saturated carbocycles. The molecular formula is C21H28N6O2. The van der Waals surface area contributed by atoms with Crippen LogP contribution in [0.15, 0.2) is 36.8 Å². The van der Waals surface area contributed by atoms with Crippen LogP contribution >= 0.6 is 0 Å². The van der Waals surface area contributed by atoms with Gasteiger partial charge in [-0.3, -0.25) is 9.78 Å². The molecule has 4 rings (SSSR count). The van der Waals surface area contributed by atoms with E-state index in [1.165, 1.54) is 0 Å². The average Bonchev–Trinajstić information content (AvgIpc) is 3.24. The number of carbonyl (C=O) groups is 1. The fraction of sp³-hybridized carbons (Fsp3) is 0.524. The topological polar surface area (TPSA) is 117 Å². The first-order valence-corrected chi connectivity index (χ1v) is 10.3. The highest BCUT2D eigenvalue weighted by Crippen LogP contribution is 2.36. The van der Waals surface area contributed by atoms with E-state index in [-0.39, 0.29) is 12.5 Å². The van der Waals surface area contributed by atoms with Crippen molar-refractivity contribution < 1.29 is 9.90 Å². The van der Waals surface area contributed by atoms with Gasteiger partial charge in [0.15, 0.2) is 5.82 Å². The molecule has 2 aliphatic rings. The molecule has 1 atom stereocenters. The molecule has 1 amide bonds. The second-order valence-electron chi connectivity index (χ2n) is 8.01. The Labute approximate surface area is 170 Å². The summed E-state index contributed by atoms with van der Waals surface area (Å²) in [4.78, 5) is 26.5. The normalized spacial score (nSPS) is 27.2. The number of aliphatic hydroxyl groups is 1. The van der Waals surface area contributed by atoms with Crippen molar-refractivity contribution in [2.75, 3.05) is 19.6 Å². The minimum atomic E-state index is -0.897. The summed E-state index contributed by atoms with van der Waals surface area (Å²) in [6.07, 6.45) is 9.17. The van der Waals surface area contributed by atoms with Crippen LogP contribution in [0, 0.1) is 0 Å². The van der Waals surface area contributed by atoms with Gasteiger partial charge in [0, 0.05) is 49.3 Å². The lowest BCUT2D eigenvalue weighted by atomic mass is 9.79. The van der Waals surface area contributed by atoms with Crippen LogP contribution in [0.25, 0.3) is 11.4 Å². The number of hydrogen-bond donors (Lipinski definition) is 3. The Balaban J connectivity index is 1.32. The second kappa shape index (κ2) is 8.52. The molecule has 0 bridgehead atoms. The first kappa shape index (κ1) is 19.9. The summed E-state index contributed by atoms with van der Waals surface area (Å²) >= 11 is 0. The van der Waals surface area contributed by atoms with Crippen molar-refractivity contribution in [1.29, 1.82) is 0 Å². The van der Waals surface area contributed by atoms with Crippen LogP contribution < -0.4 is 11.1 Å². The molecule has 154 valence electrons. The zero-order chi connectivity index (χ0) is 20.3. The van der Waals surface area contributed by atoms with Crippen LogP contribution in [-0.4, -0.2) is 62.6 Å². The number of carbonyl (C=O) groups excluding carboxylic acids is 1. The zero-order valence-electron chi connectivity index (χ0n) is 16.5. The molecule has 8 nitrogen and oxygen atoms in total. The number of nitrogens with two attached hydrogens (primary N) is 1. The Hall–Kier alpha value is -2.42. The molecule has 1 unspecified atom stereocenters. The van der Waals surface area contributed by atoms with Crippen molar-refractivity contribution in [3.05, 3.63) is 42.5 Å². The van der Waals surface area contributed by atoms with Crippen molar-refractivity contribution >= 4 is 5.91 Å². The highest BCUT2D eigenvalue weighted by Gasteiger charge is 2.37. The summed E-state index contributed by atoms with van der Waals surface area (Å²) in [5.41, 5.74) is 6.10. The maximum absolute atomic E-state index is 11.7. The quantitative estimate of drug-likeness (QED) is 0.685. The first-order valence-electron chi connectivity index (χ1n) is 10.3. The van der Waals surface area contributed by atoms with Crippen LogP contribution in [0.3, 0.4) is 0 Å². The van der Waals surface area contributed by atoms with Gasteiger partial charge >= 0.3 is 0 Å². The highest BCUT2D eigenvalue weighted by atomic mass is 16.3. The van der Waals surface area contributed by atoms with Crippen LogP contribution in [-0.2, 0) is 10.4 Å². The maximum Gasteiger partial charge on any atom is 0.236 e. The fourth-order valence-electron chi connectivity index (χ4n) is 4.35. The van der Waals surface area contributed by atoms with Crippen LogP contribution in [0.5, 0.6) is 0 Å². The van der Waals surface area contributed by atoms with Gasteiger partial charge in [0.1, 0.15) is 5.60 Å². The first-order chi connectivity index (χ1) is 14.1. The van der Waals surface area contributed by atoms with E-state index in [4.69, 9.17) is 5.73 Å². The molecular weight excluding hydrogens is 368 g/mol. The molecule has 2 aromatic rings. The molecule has 2 fully saturated rings. The molecule has 1 aliphatic carbocycles. The van der Waals surface area contributed by atoms with E-state index >= 15 is 0 Å². The number of nitrogens with one attached hydrogen (secondary N) is 1. The Kier molecular flexibility index (Phi) is 5.84. The van der Waals surface area contributed by atoms with Gasteiger partial charge in [-0.05, 0) is 50.3 Å². The molecule has 4 N–H and O–H groups in total. The van der Waals surface area contributed by atoms with E-state index in [0.717, 1.165) is 37.9 Å². The Morgan fingerprint density at radius 3 is 2.59 bits per heavy atom. The summed E-state index contributed by atoms with van der Waals surface area (Å²) in [5, 5.41) is 14.8. The lowest BCUT2D eigenvalue weighted by Crippen LogP contribution is -2.45. The summed E-state index contributed by atoms with van der Waals surface area (Å²) < 4.78 is 0. The monoisotopic (exact) mass is 396 g/mol. The lowest BCUT2D eigenvalue weighted by molar-refractivity contribution is -0.128. The van der Waals surface area contributed by atoms with E-state index in [9.17, 15) is 9.90 Å². The van der Waals surface area contributed by atoms with E-state index in [2.05, 4.69) is 20.3 Å². The number of likely N-dealkylation sites (tertiary alicyclic amines) is 1. The smallest absolute Gasteiger partial charge is 0.236 e. The molecule has 3 heterocycles. The van der Waals surface area contributed by atoms with Crippen molar-refractivity contribution in [3.8, 4) is 11.4 Å². The third kappa shape index (κ3) is 4.44. The van der Waals surface area contributed by atoms with Gasteiger partial charge in [-0.25, -0.2) is 9.97 Å². The van der Waals surface area contributed by atoms with E-state index < -0.39 is 5.60 Å². The van der Waals surface area contributed by atoms with Gasteiger partial charge in [-0.2, -0.15) is 0 Å². The Morgan fingerprint density at radius 2 is 1.93 bits per heavy atom. The Bertz CT molecular complexity index is 821. The van der Waals surface area contributed by atoms with Gasteiger partial charge in [0.2, 0.25) is 5.91 Å². The number of nitrogens with zero attached hydrogens (tertiary/aromatic N) is 4. The summed E-state index contributed by atoms with van der Waals surface area (Å²) in [6, 6.07) is 6.24. The van der Waals surface area contributed by atoms with Crippen molar-refractivity contribution in [2.24, 2.45) is 5.73 Å². The van der Waals surface area contributed by atoms with E-state index in [0.29, 0.717) is 36.4 Å². The maximum atomic E-state index is 11.7. The highest BCUT2D eigenvalue weighted by molar-refractivity contribution is 5.78. The second-order valence-corrected chi connectivity index (χ2v) is 8.01. The largest absolute Gasteiger partial charge is 0.384 e. The van der Waals surface area contributed by atoms with Crippen molar-refractivity contribution in [1.82, 2.24) is 25.2 Å². The predicted octanol–water partition coefficient (Wildman–Crippen LogP) is 0.818. The molecule has 1 saturated heterocycles. The molecule has 1 aliphatic heterocycles. The van der Waals surface area contributed by atoms with Gasteiger partial charge in [0.25, 0.3) is 0 Å². The minimum absolute atomic E-state index is 0.0164. The summed E-state index contributed by atoms with van der Waals surface area (Å²) in [5.74, 6) is 0.646. The Morgan fingerprint density at radius 1 is 1.17 bits per heavy atom. The summed E-state index contributed by atoms with van der Waals surface area (Å²) in [7, 11) is 0. The molecule has 2 aromatic heterocycles. The van der Waals surface area contributed by atoms with Crippen LogP contribution in [0.4, 0.5) is 0 Å². The minimum Gasteiger partial charge on any atom is -0.384 e. The van der Waals surface area contributed by atoms with Crippen LogP contribution in [0.2, 0.25) is 0 Å². The predicted molar refractivity (Wildman–Crippen MR) is 109 cm³/mol. The van der Waals surface area contributed by atoms with Gasteiger partial charge in [-0.1, -0.05) is 0 Å². The molecule has 0 radical (unpaired) electrons. The number of amides is 1. The summed E-state index contributed by atoms with van der Waals surface area (Å²) in [6.45, 7) is 1.57. The third-order valence-electron chi connectivity index (χ3n) is 6.06. The fourth-order valence-corrected chi connectivity index (χ4v) is 4.35. The molecule has 29 heavy (non-hydrogen) atoms.